The molecule has 3 N–H and O–H groups in total. The predicted octanol–water partition coefficient (Wildman–Crippen LogP) is 4.67. The Morgan fingerprint density at radius 1 is 1.06 bits per heavy atom. The van der Waals surface area contributed by atoms with Gasteiger partial charge in [0.25, 0.3) is 5.91 Å². The highest BCUT2D eigenvalue weighted by Crippen LogP contribution is 2.30. The molecule has 1 aliphatic rings. The molecule has 1 fully saturated rings. The first-order valence-electron chi connectivity index (χ1n) is 10.3. The van der Waals surface area contributed by atoms with Crippen LogP contribution in [0.2, 0.25) is 0 Å². The molecule has 166 valence electrons. The highest BCUT2D eigenvalue weighted by molar-refractivity contribution is 6.04. The van der Waals surface area contributed by atoms with Crippen molar-refractivity contribution in [1.82, 2.24) is 10.6 Å². The second-order valence-corrected chi connectivity index (χ2v) is 7.77. The summed E-state index contributed by atoms with van der Waals surface area (Å²) in [4.78, 5) is 25.0. The van der Waals surface area contributed by atoms with Crippen LogP contribution >= 0.6 is 0 Å². The molecule has 0 radical (unpaired) electrons. The van der Waals surface area contributed by atoms with E-state index in [-0.39, 0.29) is 24.4 Å². The van der Waals surface area contributed by atoms with Crippen LogP contribution in [-0.4, -0.2) is 24.4 Å². The van der Waals surface area contributed by atoms with Crippen molar-refractivity contribution in [2.24, 2.45) is 0 Å². The molecule has 0 heterocycles. The number of hydrogen-bond acceptors (Lipinski definition) is 3. The molecule has 1 atom stereocenters. The number of carbonyl (C=O) groups excluding carboxylic acids is 2. The van der Waals surface area contributed by atoms with E-state index in [4.69, 9.17) is 0 Å². The van der Waals surface area contributed by atoms with Crippen molar-refractivity contribution in [3.05, 3.63) is 65.2 Å². The lowest BCUT2D eigenvalue weighted by molar-refractivity contribution is -0.137. The first-order chi connectivity index (χ1) is 14.7. The van der Waals surface area contributed by atoms with Crippen LogP contribution in [0.15, 0.2) is 48.5 Å². The minimum atomic E-state index is -4.42. The van der Waals surface area contributed by atoms with E-state index in [0.717, 1.165) is 37.8 Å². The van der Waals surface area contributed by atoms with E-state index in [1.54, 1.807) is 37.3 Å². The lowest BCUT2D eigenvalue weighted by Crippen LogP contribution is -2.34. The smallest absolute Gasteiger partial charge is 0.349 e. The van der Waals surface area contributed by atoms with Crippen LogP contribution in [-0.2, 0) is 11.0 Å². The number of rotatable bonds is 7. The number of nitrogens with one attached hydrogen (secondary N) is 3. The number of anilines is 1. The molecule has 31 heavy (non-hydrogen) atoms. The van der Waals surface area contributed by atoms with E-state index < -0.39 is 17.8 Å². The van der Waals surface area contributed by atoms with E-state index in [0.29, 0.717) is 16.8 Å². The average Bonchev–Trinajstić information content (AvgIpc) is 3.25. The third kappa shape index (κ3) is 6.30. The zero-order valence-corrected chi connectivity index (χ0v) is 17.3. The van der Waals surface area contributed by atoms with Gasteiger partial charge in [0.05, 0.1) is 23.4 Å². The fourth-order valence-electron chi connectivity index (χ4n) is 3.67. The fourth-order valence-corrected chi connectivity index (χ4v) is 3.67. The van der Waals surface area contributed by atoms with E-state index in [9.17, 15) is 22.8 Å². The molecule has 0 spiro atoms. The Kier molecular flexibility index (Phi) is 7.33. The van der Waals surface area contributed by atoms with Crippen LogP contribution < -0.4 is 16.0 Å². The minimum absolute atomic E-state index is 0.115. The molecule has 0 aromatic heterocycles. The van der Waals surface area contributed by atoms with E-state index in [1.165, 1.54) is 6.07 Å². The maximum Gasteiger partial charge on any atom is 0.416 e. The van der Waals surface area contributed by atoms with Gasteiger partial charge in [-0.05, 0) is 49.6 Å². The molecule has 0 saturated heterocycles. The summed E-state index contributed by atoms with van der Waals surface area (Å²) < 4.78 is 38.7. The van der Waals surface area contributed by atoms with E-state index in [1.807, 2.05) is 0 Å². The highest BCUT2D eigenvalue weighted by Gasteiger charge is 2.30. The van der Waals surface area contributed by atoms with Crippen molar-refractivity contribution in [1.29, 1.82) is 0 Å². The third-order valence-corrected chi connectivity index (χ3v) is 5.42. The van der Waals surface area contributed by atoms with Crippen molar-refractivity contribution < 1.29 is 22.8 Å². The molecule has 0 aliphatic heterocycles. The molecular weight excluding hydrogens is 407 g/mol. The molecule has 2 amide bonds. The summed E-state index contributed by atoms with van der Waals surface area (Å²) in [7, 11) is 0. The molecule has 2 aromatic carbocycles. The van der Waals surface area contributed by atoms with Gasteiger partial charge in [0.15, 0.2) is 0 Å². The highest BCUT2D eigenvalue weighted by atomic mass is 19.4. The molecule has 0 unspecified atom stereocenters. The van der Waals surface area contributed by atoms with Gasteiger partial charge in [-0.3, -0.25) is 9.59 Å². The topological polar surface area (TPSA) is 70.2 Å². The number of para-hydroxylation sites is 1. The van der Waals surface area contributed by atoms with Crippen molar-refractivity contribution in [3.8, 4) is 0 Å². The number of hydrogen-bond donors (Lipinski definition) is 3. The normalized spacial score (nSPS) is 15.5. The Hall–Kier alpha value is -2.87. The second kappa shape index (κ2) is 9.96. The fraction of sp³-hybridized carbons (Fsp3) is 0.391. The van der Waals surface area contributed by atoms with Gasteiger partial charge < -0.3 is 16.0 Å². The van der Waals surface area contributed by atoms with Crippen LogP contribution in [0.3, 0.4) is 0 Å². The summed E-state index contributed by atoms with van der Waals surface area (Å²) in [5.41, 5.74) is 0.481. The average molecular weight is 433 g/mol. The first kappa shape index (κ1) is 22.8. The molecule has 1 saturated carbocycles. The van der Waals surface area contributed by atoms with Gasteiger partial charge in [0, 0.05) is 12.1 Å². The molecule has 5 nitrogen and oxygen atoms in total. The quantitative estimate of drug-likeness (QED) is 0.595. The van der Waals surface area contributed by atoms with Gasteiger partial charge in [-0.25, -0.2) is 0 Å². The minimum Gasteiger partial charge on any atom is -0.349 e. The first-order valence-corrected chi connectivity index (χ1v) is 10.3. The lowest BCUT2D eigenvalue weighted by atomic mass is 10.0. The van der Waals surface area contributed by atoms with Crippen LogP contribution in [0, 0.1) is 0 Å². The number of halogens is 3. The van der Waals surface area contributed by atoms with Crippen LogP contribution in [0.5, 0.6) is 0 Å². The van der Waals surface area contributed by atoms with Gasteiger partial charge in [0.1, 0.15) is 0 Å². The van der Waals surface area contributed by atoms with Gasteiger partial charge in [-0.1, -0.05) is 37.1 Å². The SMILES string of the molecule is C[C@@H](NCC(=O)Nc1ccccc1C(=O)NC1CCCC1)c1cccc(C(F)(F)F)c1. The number of amides is 2. The van der Waals surface area contributed by atoms with E-state index >= 15 is 0 Å². The van der Waals surface area contributed by atoms with Crippen LogP contribution in [0.25, 0.3) is 0 Å². The maximum absolute atomic E-state index is 12.9. The Balaban J connectivity index is 1.58. The largest absolute Gasteiger partial charge is 0.416 e. The van der Waals surface area contributed by atoms with Crippen LogP contribution in [0.1, 0.15) is 60.1 Å². The molecule has 1 aliphatic carbocycles. The van der Waals surface area contributed by atoms with Gasteiger partial charge in [0.2, 0.25) is 5.91 Å². The monoisotopic (exact) mass is 433 g/mol. The maximum atomic E-state index is 12.9. The summed E-state index contributed by atoms with van der Waals surface area (Å²) >= 11 is 0. The van der Waals surface area contributed by atoms with Crippen LogP contribution in [0.4, 0.5) is 18.9 Å². The Bertz CT molecular complexity index is 924. The molecule has 3 rings (SSSR count). The molecular formula is C23H26F3N3O2. The summed E-state index contributed by atoms with van der Waals surface area (Å²) in [5.74, 6) is -0.618. The van der Waals surface area contributed by atoms with Crippen molar-refractivity contribution in [2.45, 2.75) is 50.9 Å². The molecule has 2 aromatic rings. The molecule has 0 bridgehead atoms. The summed E-state index contributed by atoms with van der Waals surface area (Å²) in [6.45, 7) is 1.57. The van der Waals surface area contributed by atoms with Gasteiger partial charge in [-0.15, -0.1) is 0 Å². The lowest BCUT2D eigenvalue weighted by Gasteiger charge is -2.17. The van der Waals surface area contributed by atoms with Gasteiger partial charge in [-0.2, -0.15) is 13.2 Å². The number of alkyl halides is 3. The number of carbonyl (C=O) groups is 2. The van der Waals surface area contributed by atoms with Gasteiger partial charge >= 0.3 is 6.18 Å². The summed E-state index contributed by atoms with van der Waals surface area (Å²) in [5, 5.41) is 8.64. The summed E-state index contributed by atoms with van der Waals surface area (Å²) in [6, 6.07) is 11.4. The Morgan fingerprint density at radius 2 is 1.77 bits per heavy atom. The predicted molar refractivity (Wildman–Crippen MR) is 113 cm³/mol. The Morgan fingerprint density at radius 3 is 2.48 bits per heavy atom. The third-order valence-electron chi connectivity index (χ3n) is 5.42. The van der Waals surface area contributed by atoms with Crippen molar-refractivity contribution in [3.63, 3.8) is 0 Å². The second-order valence-electron chi connectivity index (χ2n) is 7.77. The summed E-state index contributed by atoms with van der Waals surface area (Å²) in [6.07, 6.45) is -0.316. The number of benzene rings is 2. The zero-order valence-electron chi connectivity index (χ0n) is 17.3. The standard InChI is InChI=1S/C23H26F3N3O2/c1-15(16-7-6-8-17(13-16)23(24,25)26)27-14-21(30)29-20-12-5-4-11-19(20)22(31)28-18-9-2-3-10-18/h4-8,11-13,15,18,27H,2-3,9-10,14H2,1H3,(H,28,31)(H,29,30)/t15-/m1/s1. The Labute approximate surface area is 179 Å². The van der Waals surface area contributed by atoms with Crippen molar-refractivity contribution in [2.75, 3.05) is 11.9 Å². The zero-order chi connectivity index (χ0) is 22.4. The molecule has 8 heteroatoms. The van der Waals surface area contributed by atoms with Crippen molar-refractivity contribution >= 4 is 17.5 Å². The van der Waals surface area contributed by atoms with E-state index in [2.05, 4.69) is 16.0 Å².